The van der Waals surface area contributed by atoms with E-state index in [4.69, 9.17) is 0 Å². The molecule has 0 aliphatic rings. The molecule has 0 saturated carbocycles. The number of aromatic nitrogens is 2. The Balaban J connectivity index is 0.988. The monoisotopic (exact) mass is 792 g/mol. The molecule has 3 heterocycles. The van der Waals surface area contributed by atoms with Gasteiger partial charge in [0.1, 0.15) is 0 Å². The maximum absolute atomic E-state index is 2.44. The van der Waals surface area contributed by atoms with Gasteiger partial charge in [0.25, 0.3) is 0 Å². The molecule has 10 aromatic carbocycles. The fourth-order valence-electron chi connectivity index (χ4n) is 9.75. The zero-order valence-corrected chi connectivity index (χ0v) is 33.9. The third-order valence-electron chi connectivity index (χ3n) is 12.7. The molecule has 2 nitrogen and oxygen atoms in total. The molecule has 3 heteroatoms. The standard InChI is InChI=1S/C58H36N2S/c1-2-12-45(13-3-1)59-53-16-8-6-14-47(53)49-33-41(22-28-54(49)59)42-23-29-55-50(34-42)51-35-43(44-25-31-58-52(36-44)48-15-7-9-17-57(48)61-58)24-30-56(51)60(55)46-26-20-38(21-27-46)40-19-18-37-10-4-5-11-39(37)32-40/h1-36H. The van der Waals surface area contributed by atoms with Gasteiger partial charge >= 0.3 is 0 Å². The lowest BCUT2D eigenvalue weighted by Gasteiger charge is -2.11. The quantitative estimate of drug-likeness (QED) is 0.164. The van der Waals surface area contributed by atoms with Crippen LogP contribution >= 0.6 is 11.3 Å². The van der Waals surface area contributed by atoms with E-state index in [1.165, 1.54) is 114 Å². The molecule has 0 unspecified atom stereocenters. The molecular formula is C58H36N2S. The van der Waals surface area contributed by atoms with Gasteiger partial charge in [0.05, 0.1) is 22.1 Å². The number of hydrogen-bond acceptors (Lipinski definition) is 1. The molecule has 13 aromatic rings. The van der Waals surface area contributed by atoms with Crippen LogP contribution in [0.1, 0.15) is 0 Å². The van der Waals surface area contributed by atoms with Crippen molar-refractivity contribution in [3.05, 3.63) is 218 Å². The summed E-state index contributed by atoms with van der Waals surface area (Å²) in [5, 5.41) is 10.1. The zero-order chi connectivity index (χ0) is 40.0. The first kappa shape index (κ1) is 34.2. The molecule has 61 heavy (non-hydrogen) atoms. The van der Waals surface area contributed by atoms with Crippen molar-refractivity contribution < 1.29 is 0 Å². The summed E-state index contributed by atoms with van der Waals surface area (Å²) in [6.45, 7) is 0. The third kappa shape index (κ3) is 5.41. The largest absolute Gasteiger partial charge is 0.309 e. The van der Waals surface area contributed by atoms with Crippen LogP contribution in [0.15, 0.2) is 218 Å². The van der Waals surface area contributed by atoms with Gasteiger partial charge in [-0.3, -0.25) is 0 Å². The van der Waals surface area contributed by atoms with Crippen molar-refractivity contribution in [1.82, 2.24) is 9.13 Å². The Hall–Kier alpha value is -7.72. The number of rotatable bonds is 5. The molecule has 0 N–H and O–H groups in total. The number of benzene rings is 10. The Morgan fingerprint density at radius 3 is 1.38 bits per heavy atom. The summed E-state index contributed by atoms with van der Waals surface area (Å²) in [6, 6.07) is 80.6. The summed E-state index contributed by atoms with van der Waals surface area (Å²) in [6.07, 6.45) is 0. The number of nitrogens with zero attached hydrogens (tertiary/aromatic N) is 2. The lowest BCUT2D eigenvalue weighted by Crippen LogP contribution is -1.94. The van der Waals surface area contributed by atoms with Gasteiger partial charge in [0.15, 0.2) is 0 Å². The van der Waals surface area contributed by atoms with Gasteiger partial charge in [-0.05, 0) is 135 Å². The average Bonchev–Trinajstić information content (AvgIpc) is 3.98. The second-order valence-electron chi connectivity index (χ2n) is 16.1. The minimum atomic E-state index is 1.14. The molecule has 0 aliphatic carbocycles. The molecule has 0 atom stereocenters. The van der Waals surface area contributed by atoms with Gasteiger partial charge in [-0.15, -0.1) is 11.3 Å². The van der Waals surface area contributed by atoms with E-state index in [1.807, 2.05) is 11.3 Å². The Kier molecular flexibility index (Phi) is 7.51. The van der Waals surface area contributed by atoms with E-state index in [9.17, 15) is 0 Å². The van der Waals surface area contributed by atoms with Crippen LogP contribution in [0, 0.1) is 0 Å². The molecule has 0 spiro atoms. The van der Waals surface area contributed by atoms with Gasteiger partial charge in [-0.25, -0.2) is 0 Å². The lowest BCUT2D eigenvalue weighted by atomic mass is 9.98. The fraction of sp³-hybridized carbons (Fsp3) is 0. The highest BCUT2D eigenvalue weighted by molar-refractivity contribution is 7.25. The first-order chi connectivity index (χ1) is 30.2. The van der Waals surface area contributed by atoms with E-state index in [-0.39, 0.29) is 0 Å². The van der Waals surface area contributed by atoms with Crippen LogP contribution in [-0.2, 0) is 0 Å². The van der Waals surface area contributed by atoms with Crippen LogP contribution in [-0.4, -0.2) is 9.13 Å². The highest BCUT2D eigenvalue weighted by Gasteiger charge is 2.18. The summed E-state index contributed by atoms with van der Waals surface area (Å²) in [4.78, 5) is 0. The van der Waals surface area contributed by atoms with Gasteiger partial charge < -0.3 is 9.13 Å². The SMILES string of the molecule is c1ccc(-n2c3ccccc3c3cc(-c4ccc5c(c4)c4cc(-c6ccc7sc8ccccc8c7c6)ccc4n5-c4ccc(-c5ccc6ccccc6c5)cc4)ccc32)cc1. The number of para-hydroxylation sites is 2. The third-order valence-corrected chi connectivity index (χ3v) is 13.9. The lowest BCUT2D eigenvalue weighted by molar-refractivity contribution is 1.18. The van der Waals surface area contributed by atoms with Crippen molar-refractivity contribution in [3.63, 3.8) is 0 Å². The second kappa shape index (κ2) is 13.4. The Bertz CT molecular complexity index is 3860. The second-order valence-corrected chi connectivity index (χ2v) is 17.2. The highest BCUT2D eigenvalue weighted by atomic mass is 32.1. The van der Waals surface area contributed by atoms with Crippen LogP contribution in [0.3, 0.4) is 0 Å². The summed E-state index contributed by atoms with van der Waals surface area (Å²) in [5.41, 5.74) is 14.4. The Labute approximate surface area is 356 Å². The van der Waals surface area contributed by atoms with E-state index < -0.39 is 0 Å². The number of fused-ring (bicyclic) bond motifs is 10. The smallest absolute Gasteiger partial charge is 0.0541 e. The molecule has 0 saturated heterocycles. The molecule has 0 bridgehead atoms. The molecular weight excluding hydrogens is 757 g/mol. The predicted octanol–water partition coefficient (Wildman–Crippen LogP) is 16.4. The molecule has 0 fully saturated rings. The minimum absolute atomic E-state index is 1.14. The van der Waals surface area contributed by atoms with Crippen molar-refractivity contribution in [2.24, 2.45) is 0 Å². The first-order valence-electron chi connectivity index (χ1n) is 20.9. The van der Waals surface area contributed by atoms with Crippen LogP contribution in [0.5, 0.6) is 0 Å². The van der Waals surface area contributed by atoms with E-state index in [2.05, 4.69) is 228 Å². The first-order valence-corrected chi connectivity index (χ1v) is 21.7. The minimum Gasteiger partial charge on any atom is -0.309 e. The van der Waals surface area contributed by atoms with Crippen molar-refractivity contribution in [3.8, 4) is 44.8 Å². The van der Waals surface area contributed by atoms with Crippen LogP contribution in [0.4, 0.5) is 0 Å². The van der Waals surface area contributed by atoms with E-state index in [1.54, 1.807) is 0 Å². The summed E-state index contributed by atoms with van der Waals surface area (Å²) in [7, 11) is 0. The van der Waals surface area contributed by atoms with Gasteiger partial charge in [0.2, 0.25) is 0 Å². The summed E-state index contributed by atoms with van der Waals surface area (Å²) >= 11 is 1.87. The number of thiophene rings is 1. The van der Waals surface area contributed by atoms with Crippen molar-refractivity contribution in [2.75, 3.05) is 0 Å². The van der Waals surface area contributed by atoms with Gasteiger partial charge in [-0.2, -0.15) is 0 Å². The Morgan fingerprint density at radius 1 is 0.246 bits per heavy atom. The molecule has 284 valence electrons. The molecule has 3 aromatic heterocycles. The molecule has 13 rings (SSSR count). The maximum Gasteiger partial charge on any atom is 0.0541 e. The summed E-state index contributed by atoms with van der Waals surface area (Å²) in [5.74, 6) is 0. The topological polar surface area (TPSA) is 9.86 Å². The Morgan fingerprint density at radius 2 is 0.689 bits per heavy atom. The van der Waals surface area contributed by atoms with Crippen LogP contribution in [0.25, 0.3) is 119 Å². The number of hydrogen-bond donors (Lipinski definition) is 0. The van der Waals surface area contributed by atoms with E-state index in [0.29, 0.717) is 0 Å². The van der Waals surface area contributed by atoms with E-state index in [0.717, 1.165) is 5.69 Å². The van der Waals surface area contributed by atoms with Crippen LogP contribution < -0.4 is 0 Å². The van der Waals surface area contributed by atoms with Gasteiger partial charge in [-0.1, -0.05) is 127 Å². The van der Waals surface area contributed by atoms with Gasteiger partial charge in [0, 0.05) is 53.1 Å². The van der Waals surface area contributed by atoms with Crippen molar-refractivity contribution in [2.45, 2.75) is 0 Å². The molecule has 0 aliphatic heterocycles. The summed E-state index contributed by atoms with van der Waals surface area (Å²) < 4.78 is 7.47. The predicted molar refractivity (Wildman–Crippen MR) is 262 cm³/mol. The molecule has 0 radical (unpaired) electrons. The normalized spacial score (nSPS) is 11.9. The average molecular weight is 793 g/mol. The highest BCUT2D eigenvalue weighted by Crippen LogP contribution is 2.41. The maximum atomic E-state index is 2.44. The van der Waals surface area contributed by atoms with E-state index >= 15 is 0 Å². The van der Waals surface area contributed by atoms with Crippen molar-refractivity contribution in [1.29, 1.82) is 0 Å². The van der Waals surface area contributed by atoms with Crippen molar-refractivity contribution >= 4 is 85.9 Å². The van der Waals surface area contributed by atoms with Crippen LogP contribution in [0.2, 0.25) is 0 Å². The molecule has 0 amide bonds. The fourth-order valence-corrected chi connectivity index (χ4v) is 10.8. The zero-order valence-electron chi connectivity index (χ0n) is 33.1.